The second-order valence-corrected chi connectivity index (χ2v) is 2.57. The maximum Gasteiger partial charge on any atom is 0.411 e. The van der Waals surface area contributed by atoms with Crippen LogP contribution in [0.4, 0.5) is 13.2 Å². The summed E-state index contributed by atoms with van der Waals surface area (Å²) in [6.45, 7) is -0.896. The van der Waals surface area contributed by atoms with Crippen LogP contribution >= 0.6 is 0 Å². The van der Waals surface area contributed by atoms with E-state index in [9.17, 15) is 13.2 Å². The SMILES string of the molecule is CNC(COC)COCC(F)(F)F. The van der Waals surface area contributed by atoms with E-state index in [1.807, 2.05) is 0 Å². The van der Waals surface area contributed by atoms with Crippen molar-refractivity contribution in [2.24, 2.45) is 0 Å². The number of ether oxygens (including phenoxy) is 2. The minimum absolute atomic E-state index is 0.0101. The Labute approximate surface area is 75.2 Å². The molecule has 0 aliphatic rings. The maximum atomic E-state index is 11.6. The van der Waals surface area contributed by atoms with Crippen molar-refractivity contribution in [2.45, 2.75) is 12.2 Å². The van der Waals surface area contributed by atoms with Crippen LogP contribution in [-0.2, 0) is 9.47 Å². The van der Waals surface area contributed by atoms with E-state index < -0.39 is 12.8 Å². The van der Waals surface area contributed by atoms with Gasteiger partial charge in [-0.15, -0.1) is 0 Å². The van der Waals surface area contributed by atoms with Crippen molar-refractivity contribution in [1.29, 1.82) is 0 Å². The lowest BCUT2D eigenvalue weighted by molar-refractivity contribution is -0.175. The maximum absolute atomic E-state index is 11.6. The average Bonchev–Trinajstić information content (AvgIpc) is 2.01. The molecule has 6 heteroatoms. The molecule has 0 radical (unpaired) electrons. The van der Waals surface area contributed by atoms with Crippen molar-refractivity contribution < 1.29 is 22.6 Å². The van der Waals surface area contributed by atoms with Crippen LogP contribution in [0, 0.1) is 0 Å². The predicted molar refractivity (Wildman–Crippen MR) is 41.6 cm³/mol. The van der Waals surface area contributed by atoms with E-state index in [0.29, 0.717) is 6.61 Å². The van der Waals surface area contributed by atoms with Gasteiger partial charge in [-0.2, -0.15) is 13.2 Å². The van der Waals surface area contributed by atoms with E-state index in [2.05, 4.69) is 10.1 Å². The summed E-state index contributed by atoms with van der Waals surface area (Å²) in [7, 11) is 3.12. The third-order valence-corrected chi connectivity index (χ3v) is 1.36. The number of halogens is 3. The molecule has 0 aromatic rings. The molecule has 0 aromatic carbocycles. The van der Waals surface area contributed by atoms with Crippen LogP contribution in [0.15, 0.2) is 0 Å². The molecule has 0 saturated heterocycles. The summed E-state index contributed by atoms with van der Waals surface area (Å²) in [6, 6.07) is -0.202. The van der Waals surface area contributed by atoms with Crippen LogP contribution in [0.3, 0.4) is 0 Å². The Morgan fingerprint density at radius 1 is 1.31 bits per heavy atom. The third-order valence-electron chi connectivity index (χ3n) is 1.36. The highest BCUT2D eigenvalue weighted by atomic mass is 19.4. The molecule has 0 heterocycles. The second-order valence-electron chi connectivity index (χ2n) is 2.57. The summed E-state index contributed by atoms with van der Waals surface area (Å²) in [6.07, 6.45) is -4.26. The van der Waals surface area contributed by atoms with Gasteiger partial charge in [-0.3, -0.25) is 0 Å². The van der Waals surface area contributed by atoms with Gasteiger partial charge in [-0.25, -0.2) is 0 Å². The fourth-order valence-corrected chi connectivity index (χ4v) is 0.733. The molecule has 0 spiro atoms. The van der Waals surface area contributed by atoms with Gasteiger partial charge in [0.2, 0.25) is 0 Å². The molecule has 1 N–H and O–H groups in total. The molecule has 0 bridgehead atoms. The summed E-state index contributed by atoms with van der Waals surface area (Å²) in [5.74, 6) is 0. The highest BCUT2D eigenvalue weighted by molar-refractivity contribution is 4.62. The minimum atomic E-state index is -4.26. The number of alkyl halides is 3. The van der Waals surface area contributed by atoms with E-state index in [1.54, 1.807) is 7.05 Å². The van der Waals surface area contributed by atoms with Crippen LogP contribution in [-0.4, -0.2) is 46.2 Å². The van der Waals surface area contributed by atoms with E-state index >= 15 is 0 Å². The minimum Gasteiger partial charge on any atom is -0.383 e. The van der Waals surface area contributed by atoms with Gasteiger partial charge < -0.3 is 14.8 Å². The zero-order chi connectivity index (χ0) is 10.3. The van der Waals surface area contributed by atoms with Crippen LogP contribution < -0.4 is 5.32 Å². The molecular formula is C7H14F3NO2. The lowest BCUT2D eigenvalue weighted by atomic mass is 10.3. The van der Waals surface area contributed by atoms with Crippen LogP contribution in [0.1, 0.15) is 0 Å². The zero-order valence-corrected chi connectivity index (χ0v) is 7.65. The number of hydrogen-bond acceptors (Lipinski definition) is 3. The highest BCUT2D eigenvalue weighted by Gasteiger charge is 2.27. The molecule has 80 valence electrons. The van der Waals surface area contributed by atoms with Crippen LogP contribution in [0.5, 0.6) is 0 Å². The number of methoxy groups -OCH3 is 1. The Bertz CT molecular complexity index is 129. The Kier molecular flexibility index (Phi) is 6.02. The van der Waals surface area contributed by atoms with Gasteiger partial charge in [0.15, 0.2) is 0 Å². The number of nitrogens with one attached hydrogen (secondary N) is 1. The lowest BCUT2D eigenvalue weighted by Gasteiger charge is -2.15. The predicted octanol–water partition coefficient (Wildman–Crippen LogP) is 0.800. The van der Waals surface area contributed by atoms with Crippen LogP contribution in [0.2, 0.25) is 0 Å². The quantitative estimate of drug-likeness (QED) is 0.689. The van der Waals surface area contributed by atoms with Crippen molar-refractivity contribution in [2.75, 3.05) is 34.0 Å². The van der Waals surface area contributed by atoms with Crippen molar-refractivity contribution >= 4 is 0 Å². The summed E-state index contributed by atoms with van der Waals surface area (Å²) >= 11 is 0. The average molecular weight is 201 g/mol. The summed E-state index contributed by atoms with van der Waals surface area (Å²) < 4.78 is 44.0. The Balaban J connectivity index is 3.49. The topological polar surface area (TPSA) is 30.5 Å². The molecular weight excluding hydrogens is 187 g/mol. The lowest BCUT2D eigenvalue weighted by Crippen LogP contribution is -2.35. The molecule has 0 aliphatic carbocycles. The molecule has 1 atom stereocenters. The van der Waals surface area contributed by atoms with Crippen molar-refractivity contribution in [3.05, 3.63) is 0 Å². The van der Waals surface area contributed by atoms with Crippen molar-refractivity contribution in [1.82, 2.24) is 5.32 Å². The first-order chi connectivity index (χ1) is 5.99. The van der Waals surface area contributed by atoms with Gasteiger partial charge >= 0.3 is 6.18 Å². The molecule has 0 fully saturated rings. The van der Waals surface area contributed by atoms with Gasteiger partial charge in [0, 0.05) is 7.11 Å². The fourth-order valence-electron chi connectivity index (χ4n) is 0.733. The Morgan fingerprint density at radius 2 is 1.92 bits per heavy atom. The number of likely N-dealkylation sites (N-methyl/N-ethyl adjacent to an activating group) is 1. The molecule has 0 aromatic heterocycles. The van der Waals surface area contributed by atoms with E-state index in [0.717, 1.165) is 0 Å². The van der Waals surface area contributed by atoms with Crippen LogP contribution in [0.25, 0.3) is 0 Å². The van der Waals surface area contributed by atoms with Gasteiger partial charge in [-0.05, 0) is 7.05 Å². The molecule has 13 heavy (non-hydrogen) atoms. The largest absolute Gasteiger partial charge is 0.411 e. The van der Waals surface area contributed by atoms with Gasteiger partial charge in [-0.1, -0.05) is 0 Å². The van der Waals surface area contributed by atoms with Gasteiger partial charge in [0.05, 0.1) is 19.3 Å². The molecule has 1 unspecified atom stereocenters. The molecule has 0 amide bonds. The Hall–Kier alpha value is -0.330. The second kappa shape index (κ2) is 6.17. The number of rotatable bonds is 6. The van der Waals surface area contributed by atoms with Gasteiger partial charge in [0.25, 0.3) is 0 Å². The standard InChI is InChI=1S/C7H14F3NO2/c1-11-6(3-12-2)4-13-5-7(8,9)10/h6,11H,3-5H2,1-2H3. The summed E-state index contributed by atoms with van der Waals surface area (Å²) in [5, 5.41) is 2.77. The zero-order valence-electron chi connectivity index (χ0n) is 7.65. The van der Waals surface area contributed by atoms with Crippen molar-refractivity contribution in [3.8, 4) is 0 Å². The molecule has 0 rings (SSSR count). The van der Waals surface area contributed by atoms with E-state index in [1.165, 1.54) is 7.11 Å². The first-order valence-corrected chi connectivity index (χ1v) is 3.80. The highest BCUT2D eigenvalue weighted by Crippen LogP contribution is 2.14. The fraction of sp³-hybridized carbons (Fsp3) is 1.00. The summed E-state index contributed by atoms with van der Waals surface area (Å²) in [5.41, 5.74) is 0. The Morgan fingerprint density at radius 3 is 2.31 bits per heavy atom. The first kappa shape index (κ1) is 12.7. The normalized spacial score (nSPS) is 14.5. The summed E-state index contributed by atoms with van der Waals surface area (Å²) in [4.78, 5) is 0. The number of hydrogen-bond donors (Lipinski definition) is 1. The van der Waals surface area contributed by atoms with E-state index in [-0.39, 0.29) is 12.6 Å². The monoisotopic (exact) mass is 201 g/mol. The smallest absolute Gasteiger partial charge is 0.383 e. The molecule has 0 saturated carbocycles. The first-order valence-electron chi connectivity index (χ1n) is 3.80. The molecule has 3 nitrogen and oxygen atoms in total. The van der Waals surface area contributed by atoms with Gasteiger partial charge in [0.1, 0.15) is 6.61 Å². The van der Waals surface area contributed by atoms with E-state index in [4.69, 9.17) is 4.74 Å². The molecule has 0 aliphatic heterocycles. The van der Waals surface area contributed by atoms with Crippen molar-refractivity contribution in [3.63, 3.8) is 0 Å². The third kappa shape index (κ3) is 8.01.